The van der Waals surface area contributed by atoms with Crippen molar-refractivity contribution >= 4 is 22.4 Å². The van der Waals surface area contributed by atoms with E-state index in [1.54, 1.807) is 0 Å². The summed E-state index contributed by atoms with van der Waals surface area (Å²) in [4.78, 5) is 4.80. The molecule has 0 N–H and O–H groups in total. The van der Waals surface area contributed by atoms with Gasteiger partial charge in [-0.2, -0.15) is 0 Å². The SMILES string of the molecule is Clc1ccc(-c2cc3ccccc3c(C#Cc3ccccc3)n2)cc1. The normalized spacial score (nSPS) is 10.3. The third kappa shape index (κ3) is 3.40. The zero-order valence-corrected chi connectivity index (χ0v) is 14.2. The summed E-state index contributed by atoms with van der Waals surface area (Å²) in [6.07, 6.45) is 0. The summed E-state index contributed by atoms with van der Waals surface area (Å²) >= 11 is 6.00. The Bertz CT molecular complexity index is 1090. The van der Waals surface area contributed by atoms with Crippen molar-refractivity contribution in [3.8, 4) is 23.1 Å². The highest BCUT2D eigenvalue weighted by molar-refractivity contribution is 6.30. The molecular weight excluding hydrogens is 326 g/mol. The number of aromatic nitrogens is 1. The molecule has 25 heavy (non-hydrogen) atoms. The number of halogens is 1. The van der Waals surface area contributed by atoms with Crippen LogP contribution in [0.5, 0.6) is 0 Å². The molecule has 0 amide bonds. The number of hydrogen-bond acceptors (Lipinski definition) is 1. The molecule has 0 radical (unpaired) electrons. The maximum absolute atomic E-state index is 6.00. The third-order valence-corrected chi connectivity index (χ3v) is 4.23. The van der Waals surface area contributed by atoms with Gasteiger partial charge in [-0.05, 0) is 41.6 Å². The molecule has 118 valence electrons. The van der Waals surface area contributed by atoms with Crippen LogP contribution in [0.15, 0.2) is 84.9 Å². The highest BCUT2D eigenvalue weighted by atomic mass is 35.5. The fourth-order valence-corrected chi connectivity index (χ4v) is 2.84. The van der Waals surface area contributed by atoms with Crippen LogP contribution >= 0.6 is 11.6 Å². The first kappa shape index (κ1) is 15.4. The van der Waals surface area contributed by atoms with Crippen LogP contribution in [-0.4, -0.2) is 4.98 Å². The van der Waals surface area contributed by atoms with Crippen molar-refractivity contribution < 1.29 is 0 Å². The fraction of sp³-hybridized carbons (Fsp3) is 0. The van der Waals surface area contributed by atoms with Gasteiger partial charge in [0, 0.05) is 21.5 Å². The summed E-state index contributed by atoms with van der Waals surface area (Å²) in [6.45, 7) is 0. The Morgan fingerprint density at radius 1 is 0.720 bits per heavy atom. The van der Waals surface area contributed by atoms with Crippen LogP contribution in [0.4, 0.5) is 0 Å². The molecular formula is C23H14ClN. The van der Waals surface area contributed by atoms with E-state index in [1.165, 1.54) is 0 Å². The van der Waals surface area contributed by atoms with Gasteiger partial charge in [0.2, 0.25) is 0 Å². The molecule has 0 fully saturated rings. The average molecular weight is 340 g/mol. The van der Waals surface area contributed by atoms with Gasteiger partial charge in [-0.1, -0.05) is 72.1 Å². The molecule has 0 aliphatic rings. The van der Waals surface area contributed by atoms with Crippen LogP contribution < -0.4 is 0 Å². The molecule has 4 rings (SSSR count). The topological polar surface area (TPSA) is 12.9 Å². The minimum atomic E-state index is 0.716. The predicted octanol–water partition coefficient (Wildman–Crippen LogP) is 5.96. The molecule has 0 unspecified atom stereocenters. The van der Waals surface area contributed by atoms with E-state index in [0.29, 0.717) is 5.02 Å². The number of fused-ring (bicyclic) bond motifs is 1. The Labute approximate surface area is 151 Å². The van der Waals surface area contributed by atoms with Crippen LogP contribution in [0.1, 0.15) is 11.3 Å². The van der Waals surface area contributed by atoms with E-state index >= 15 is 0 Å². The molecule has 1 aromatic heterocycles. The molecule has 0 saturated heterocycles. The lowest BCUT2D eigenvalue weighted by Gasteiger charge is -2.06. The minimum absolute atomic E-state index is 0.716. The number of nitrogens with zero attached hydrogens (tertiary/aromatic N) is 1. The second-order valence-corrected chi connectivity index (χ2v) is 6.14. The van der Waals surface area contributed by atoms with Crippen molar-refractivity contribution in [3.05, 3.63) is 101 Å². The Morgan fingerprint density at radius 2 is 1.44 bits per heavy atom. The number of hydrogen-bond donors (Lipinski definition) is 0. The Hall–Kier alpha value is -3.08. The maximum atomic E-state index is 6.00. The monoisotopic (exact) mass is 339 g/mol. The Kier molecular flexibility index (Phi) is 4.21. The highest BCUT2D eigenvalue weighted by Crippen LogP contribution is 2.25. The zero-order chi connectivity index (χ0) is 17.1. The molecule has 1 nitrogen and oxygen atoms in total. The molecule has 0 bridgehead atoms. The lowest BCUT2D eigenvalue weighted by Crippen LogP contribution is -1.91. The van der Waals surface area contributed by atoms with Gasteiger partial charge in [0.25, 0.3) is 0 Å². The van der Waals surface area contributed by atoms with Crippen LogP contribution in [0.25, 0.3) is 22.0 Å². The summed E-state index contributed by atoms with van der Waals surface area (Å²) in [5.41, 5.74) is 3.68. The third-order valence-electron chi connectivity index (χ3n) is 3.98. The predicted molar refractivity (Wildman–Crippen MR) is 105 cm³/mol. The largest absolute Gasteiger partial charge is 0.239 e. The van der Waals surface area contributed by atoms with E-state index in [4.69, 9.17) is 16.6 Å². The summed E-state index contributed by atoms with van der Waals surface area (Å²) in [5, 5.41) is 2.90. The van der Waals surface area contributed by atoms with Gasteiger partial charge in [-0.25, -0.2) is 4.98 Å². The number of benzene rings is 3. The van der Waals surface area contributed by atoms with Crippen LogP contribution in [0.3, 0.4) is 0 Å². The molecule has 0 atom stereocenters. The van der Waals surface area contributed by atoms with Crippen LogP contribution in [0, 0.1) is 11.8 Å². The van der Waals surface area contributed by atoms with Crippen molar-refractivity contribution in [3.63, 3.8) is 0 Å². The van der Waals surface area contributed by atoms with Crippen molar-refractivity contribution in [2.75, 3.05) is 0 Å². The van der Waals surface area contributed by atoms with Crippen LogP contribution in [-0.2, 0) is 0 Å². The van der Waals surface area contributed by atoms with Gasteiger partial charge >= 0.3 is 0 Å². The van der Waals surface area contributed by atoms with E-state index in [0.717, 1.165) is 33.3 Å². The first-order valence-electron chi connectivity index (χ1n) is 8.02. The highest BCUT2D eigenvalue weighted by Gasteiger charge is 2.06. The molecule has 4 aromatic rings. The second-order valence-electron chi connectivity index (χ2n) is 5.70. The van der Waals surface area contributed by atoms with E-state index in [9.17, 15) is 0 Å². The second kappa shape index (κ2) is 6.81. The van der Waals surface area contributed by atoms with Gasteiger partial charge in [0.15, 0.2) is 0 Å². The van der Waals surface area contributed by atoms with Gasteiger partial charge in [-0.3, -0.25) is 0 Å². The summed E-state index contributed by atoms with van der Waals surface area (Å²) in [5.74, 6) is 6.45. The fourth-order valence-electron chi connectivity index (χ4n) is 2.72. The van der Waals surface area contributed by atoms with E-state index in [2.05, 4.69) is 30.0 Å². The molecule has 3 aromatic carbocycles. The standard InChI is InChI=1S/C23H14ClN/c24-20-13-11-18(12-14-20)23-16-19-8-4-5-9-21(19)22(25-23)15-10-17-6-2-1-3-7-17/h1-9,11-14,16H. The first-order chi connectivity index (χ1) is 12.3. The van der Waals surface area contributed by atoms with Crippen molar-refractivity contribution in [2.45, 2.75) is 0 Å². The van der Waals surface area contributed by atoms with Gasteiger partial charge in [0.1, 0.15) is 5.69 Å². The smallest absolute Gasteiger partial charge is 0.122 e. The molecule has 0 aliphatic carbocycles. The Balaban J connectivity index is 1.87. The van der Waals surface area contributed by atoms with E-state index in [1.807, 2.05) is 66.7 Å². The van der Waals surface area contributed by atoms with Gasteiger partial charge in [-0.15, -0.1) is 0 Å². The summed E-state index contributed by atoms with van der Waals surface area (Å²) in [7, 11) is 0. The number of pyridine rings is 1. The van der Waals surface area contributed by atoms with Crippen molar-refractivity contribution in [1.82, 2.24) is 4.98 Å². The van der Waals surface area contributed by atoms with Crippen molar-refractivity contribution in [2.24, 2.45) is 0 Å². The average Bonchev–Trinajstić information content (AvgIpc) is 2.67. The summed E-state index contributed by atoms with van der Waals surface area (Å²) in [6, 6.07) is 27.9. The van der Waals surface area contributed by atoms with E-state index < -0.39 is 0 Å². The quantitative estimate of drug-likeness (QED) is 0.390. The minimum Gasteiger partial charge on any atom is -0.239 e. The zero-order valence-electron chi connectivity index (χ0n) is 13.4. The van der Waals surface area contributed by atoms with Gasteiger partial charge < -0.3 is 0 Å². The van der Waals surface area contributed by atoms with Crippen molar-refractivity contribution in [1.29, 1.82) is 0 Å². The number of rotatable bonds is 1. The Morgan fingerprint density at radius 3 is 2.24 bits per heavy atom. The molecule has 0 aliphatic heterocycles. The molecule has 0 spiro atoms. The van der Waals surface area contributed by atoms with E-state index in [-0.39, 0.29) is 0 Å². The first-order valence-corrected chi connectivity index (χ1v) is 8.40. The summed E-state index contributed by atoms with van der Waals surface area (Å²) < 4.78 is 0. The maximum Gasteiger partial charge on any atom is 0.122 e. The lowest BCUT2D eigenvalue weighted by molar-refractivity contribution is 1.32. The molecule has 0 saturated carbocycles. The lowest BCUT2D eigenvalue weighted by atomic mass is 10.0. The molecule has 1 heterocycles. The van der Waals surface area contributed by atoms with Crippen LogP contribution in [0.2, 0.25) is 5.02 Å². The van der Waals surface area contributed by atoms with Gasteiger partial charge in [0.05, 0.1) is 5.69 Å². The molecule has 2 heteroatoms.